The van der Waals surface area contributed by atoms with Crippen LogP contribution in [0, 0.1) is 42.4 Å². The molecule has 5 heteroatoms. The van der Waals surface area contributed by atoms with E-state index in [0.717, 1.165) is 17.5 Å². The van der Waals surface area contributed by atoms with Gasteiger partial charge in [0.15, 0.2) is 0 Å². The van der Waals surface area contributed by atoms with Crippen molar-refractivity contribution in [3.63, 3.8) is 0 Å². The van der Waals surface area contributed by atoms with Crippen LogP contribution >= 0.6 is 0 Å². The number of aryl methyl sites for hydroxylation is 1. The van der Waals surface area contributed by atoms with Crippen molar-refractivity contribution in [3.8, 4) is 0 Å². The van der Waals surface area contributed by atoms with Crippen LogP contribution in [-0.2, 0) is 20.8 Å². The van der Waals surface area contributed by atoms with Crippen molar-refractivity contribution in [2.75, 3.05) is 5.32 Å². The topological polar surface area (TPSA) is 66.5 Å². The third-order valence-corrected chi connectivity index (χ3v) is 7.87. The molecular formula is C27H26N2O3. The number of carbonyl (C=O) groups is 3. The number of nitrogens with zero attached hydrogens (tertiary/aromatic N) is 1. The quantitative estimate of drug-likeness (QED) is 0.587. The van der Waals surface area contributed by atoms with Crippen molar-refractivity contribution < 1.29 is 14.4 Å². The highest BCUT2D eigenvalue weighted by Gasteiger charge is 2.67. The predicted molar refractivity (Wildman–Crippen MR) is 120 cm³/mol. The molecule has 0 aromatic heterocycles. The van der Waals surface area contributed by atoms with Crippen LogP contribution in [0.1, 0.15) is 17.5 Å². The summed E-state index contributed by atoms with van der Waals surface area (Å²) >= 11 is 0. The van der Waals surface area contributed by atoms with Crippen LogP contribution in [0.5, 0.6) is 0 Å². The summed E-state index contributed by atoms with van der Waals surface area (Å²) in [5.41, 5.74) is 2.63. The van der Waals surface area contributed by atoms with Gasteiger partial charge in [-0.1, -0.05) is 54.6 Å². The molecule has 7 rings (SSSR count). The fourth-order valence-electron chi connectivity index (χ4n) is 6.37. The molecule has 162 valence electrons. The molecule has 4 aliphatic carbocycles. The van der Waals surface area contributed by atoms with E-state index in [1.807, 2.05) is 61.5 Å². The molecule has 5 nitrogen and oxygen atoms in total. The van der Waals surface area contributed by atoms with Crippen LogP contribution in [-0.4, -0.2) is 28.7 Å². The minimum absolute atomic E-state index is 0.147. The average molecular weight is 427 g/mol. The van der Waals surface area contributed by atoms with Gasteiger partial charge in [-0.2, -0.15) is 0 Å². The molecule has 3 fully saturated rings. The van der Waals surface area contributed by atoms with E-state index in [0.29, 0.717) is 23.9 Å². The summed E-state index contributed by atoms with van der Waals surface area (Å²) in [6.07, 6.45) is 5.75. The highest BCUT2D eigenvalue weighted by atomic mass is 16.2. The Morgan fingerprint density at radius 2 is 1.62 bits per heavy atom. The highest BCUT2D eigenvalue weighted by Crippen LogP contribution is 2.65. The molecule has 0 spiro atoms. The predicted octanol–water partition coefficient (Wildman–Crippen LogP) is 3.60. The Morgan fingerprint density at radius 1 is 0.969 bits per heavy atom. The largest absolute Gasteiger partial charge is 0.324 e. The molecule has 0 radical (unpaired) electrons. The maximum Gasteiger partial charge on any atom is 0.248 e. The lowest BCUT2D eigenvalue weighted by Crippen LogP contribution is -2.49. The smallest absolute Gasteiger partial charge is 0.248 e. The molecule has 1 N–H and O–H groups in total. The van der Waals surface area contributed by atoms with Gasteiger partial charge in [-0.05, 0) is 60.3 Å². The fourth-order valence-corrected chi connectivity index (χ4v) is 6.37. The van der Waals surface area contributed by atoms with Gasteiger partial charge in [0.05, 0.1) is 11.8 Å². The summed E-state index contributed by atoms with van der Waals surface area (Å²) in [6, 6.07) is 16.3. The maximum atomic E-state index is 13.6. The Labute approximate surface area is 187 Å². The molecule has 32 heavy (non-hydrogen) atoms. The molecule has 2 aromatic carbocycles. The number of allylic oxidation sites excluding steroid dienone is 2. The Bertz CT molecular complexity index is 1100. The van der Waals surface area contributed by atoms with Gasteiger partial charge >= 0.3 is 0 Å². The Kier molecular flexibility index (Phi) is 4.36. The molecule has 0 unspecified atom stereocenters. The second kappa shape index (κ2) is 7.16. The molecule has 2 saturated carbocycles. The lowest BCUT2D eigenvalue weighted by Gasteiger charge is -2.37. The van der Waals surface area contributed by atoms with Gasteiger partial charge in [0.2, 0.25) is 17.7 Å². The zero-order valence-electron chi connectivity index (χ0n) is 18.0. The molecule has 1 saturated heterocycles. The number of hydrogen-bond acceptors (Lipinski definition) is 3. The molecule has 2 aromatic rings. The average Bonchev–Trinajstić information content (AvgIpc) is 3.57. The van der Waals surface area contributed by atoms with Crippen LogP contribution in [0.25, 0.3) is 0 Å². The number of amides is 3. The van der Waals surface area contributed by atoms with Gasteiger partial charge in [-0.25, -0.2) is 0 Å². The summed E-state index contributed by atoms with van der Waals surface area (Å²) in [4.78, 5) is 42.1. The zero-order valence-corrected chi connectivity index (χ0v) is 18.0. The van der Waals surface area contributed by atoms with Crippen molar-refractivity contribution in [1.29, 1.82) is 0 Å². The van der Waals surface area contributed by atoms with Crippen molar-refractivity contribution >= 4 is 23.4 Å². The second-order valence-electron chi connectivity index (χ2n) is 9.77. The minimum atomic E-state index is -0.862. The highest BCUT2D eigenvalue weighted by molar-refractivity contribution is 6.10. The number of imide groups is 1. The van der Waals surface area contributed by atoms with E-state index in [4.69, 9.17) is 0 Å². The lowest BCUT2D eigenvalue weighted by molar-refractivity contribution is -0.146. The van der Waals surface area contributed by atoms with Crippen LogP contribution < -0.4 is 5.32 Å². The summed E-state index contributed by atoms with van der Waals surface area (Å²) < 4.78 is 0. The SMILES string of the molecule is Cc1cccc(NC(=O)[C@H](Cc2ccccc2)N2C(=O)[C@@H]3[C@H]4C=C[C@@H]([C@@H]5C[C@H]45)[C@@H]3C2=O)c1. The number of benzene rings is 2. The van der Waals surface area contributed by atoms with Crippen LogP contribution in [0.15, 0.2) is 66.7 Å². The van der Waals surface area contributed by atoms with Crippen molar-refractivity contribution in [3.05, 3.63) is 77.9 Å². The first kappa shape index (κ1) is 19.5. The Morgan fingerprint density at radius 3 is 2.25 bits per heavy atom. The van der Waals surface area contributed by atoms with Gasteiger partial charge in [0, 0.05) is 12.1 Å². The lowest BCUT2D eigenvalue weighted by atomic mass is 9.63. The second-order valence-corrected chi connectivity index (χ2v) is 9.77. The summed E-state index contributed by atoms with van der Waals surface area (Å²) in [7, 11) is 0. The van der Waals surface area contributed by atoms with E-state index < -0.39 is 6.04 Å². The number of anilines is 1. The van der Waals surface area contributed by atoms with E-state index in [-0.39, 0.29) is 41.4 Å². The van der Waals surface area contributed by atoms with E-state index >= 15 is 0 Å². The zero-order chi connectivity index (χ0) is 22.0. The van der Waals surface area contributed by atoms with Crippen molar-refractivity contribution in [1.82, 2.24) is 4.90 Å². The standard InChI is InChI=1S/C27H26N2O3/c1-15-6-5-9-17(12-15)28-25(30)22(13-16-7-3-2-4-8-16)29-26(31)23-18-10-11-19(21-14-20(18)21)24(23)27(29)32/h2-12,18-24H,13-14H2,1H3,(H,28,30)/t18-,19-,20-,21+,22-,23-,24+/m0/s1. The van der Waals surface area contributed by atoms with E-state index in [9.17, 15) is 14.4 Å². The third kappa shape index (κ3) is 2.94. The summed E-state index contributed by atoms with van der Waals surface area (Å²) in [5, 5.41) is 2.96. The monoisotopic (exact) mass is 426 g/mol. The first-order valence-electron chi connectivity index (χ1n) is 11.5. The summed E-state index contributed by atoms with van der Waals surface area (Å²) in [6.45, 7) is 1.96. The number of hydrogen-bond donors (Lipinski definition) is 1. The molecule has 3 amide bonds. The fraction of sp³-hybridized carbons (Fsp3) is 0.370. The molecule has 1 heterocycles. The Balaban J connectivity index is 1.33. The van der Waals surface area contributed by atoms with Gasteiger partial charge in [0.1, 0.15) is 6.04 Å². The van der Waals surface area contributed by atoms with Crippen molar-refractivity contribution in [2.24, 2.45) is 35.5 Å². The normalized spacial score (nSPS) is 32.5. The van der Waals surface area contributed by atoms with E-state index in [1.54, 1.807) is 0 Å². The first-order chi connectivity index (χ1) is 15.5. The number of nitrogens with one attached hydrogen (secondary N) is 1. The molecule has 2 bridgehead atoms. The molecular weight excluding hydrogens is 400 g/mol. The third-order valence-electron chi connectivity index (χ3n) is 7.87. The Hall–Kier alpha value is -3.21. The molecule has 7 atom stereocenters. The van der Waals surface area contributed by atoms with Gasteiger partial charge in [-0.3, -0.25) is 19.3 Å². The minimum Gasteiger partial charge on any atom is -0.324 e. The van der Waals surface area contributed by atoms with Crippen molar-refractivity contribution in [2.45, 2.75) is 25.8 Å². The number of rotatable bonds is 5. The van der Waals surface area contributed by atoms with E-state index in [2.05, 4.69) is 17.5 Å². The van der Waals surface area contributed by atoms with Gasteiger partial charge in [0.25, 0.3) is 0 Å². The maximum absolute atomic E-state index is 13.6. The van der Waals surface area contributed by atoms with Crippen LogP contribution in [0.3, 0.4) is 0 Å². The summed E-state index contributed by atoms with van der Waals surface area (Å²) in [5.74, 6) is 0.133. The first-order valence-corrected chi connectivity index (χ1v) is 11.5. The van der Waals surface area contributed by atoms with Gasteiger partial charge < -0.3 is 5.32 Å². The number of likely N-dealkylation sites (tertiary alicyclic amines) is 1. The van der Waals surface area contributed by atoms with Crippen LogP contribution in [0.2, 0.25) is 0 Å². The van der Waals surface area contributed by atoms with Gasteiger partial charge in [-0.15, -0.1) is 0 Å². The molecule has 1 aliphatic heterocycles. The molecule has 5 aliphatic rings. The van der Waals surface area contributed by atoms with Crippen LogP contribution in [0.4, 0.5) is 5.69 Å². The number of carbonyl (C=O) groups excluding carboxylic acids is 3. The van der Waals surface area contributed by atoms with E-state index in [1.165, 1.54) is 4.90 Å².